The molecule has 27 heavy (non-hydrogen) atoms. The summed E-state index contributed by atoms with van der Waals surface area (Å²) in [5.41, 5.74) is 1.96. The third kappa shape index (κ3) is 4.78. The average Bonchev–Trinajstić information content (AvgIpc) is 2.63. The van der Waals surface area contributed by atoms with Crippen LogP contribution in [0.15, 0.2) is 47.4 Å². The van der Waals surface area contributed by atoms with E-state index >= 15 is 0 Å². The molecule has 0 atom stereocenters. The molecular weight excluding hydrogens is 365 g/mol. The maximum Gasteiger partial charge on any atom is 0.262 e. The second-order valence-electron chi connectivity index (χ2n) is 6.89. The molecule has 0 amide bonds. The van der Waals surface area contributed by atoms with Crippen LogP contribution < -0.4 is 9.62 Å². The van der Waals surface area contributed by atoms with Gasteiger partial charge in [0.05, 0.1) is 4.90 Å². The highest BCUT2D eigenvalue weighted by Crippen LogP contribution is 2.23. The van der Waals surface area contributed by atoms with Crippen molar-refractivity contribution in [3.05, 3.63) is 53.8 Å². The number of anilines is 2. The Balaban J connectivity index is 1.67. The fourth-order valence-corrected chi connectivity index (χ4v) is 4.70. The van der Waals surface area contributed by atoms with Crippen molar-refractivity contribution in [1.82, 2.24) is 4.90 Å². The molecule has 1 N–H and O–H groups in total. The van der Waals surface area contributed by atoms with Gasteiger partial charge in [0.25, 0.3) is 10.0 Å². The molecule has 0 unspecified atom stereocenters. The molecule has 3 rings (SSSR count). The molecule has 1 aliphatic heterocycles. The van der Waals surface area contributed by atoms with E-state index in [0.29, 0.717) is 11.3 Å². The summed E-state index contributed by atoms with van der Waals surface area (Å²) in [5.74, 6) is -0.449. The molecule has 1 aliphatic rings. The van der Waals surface area contributed by atoms with Crippen LogP contribution in [0.5, 0.6) is 0 Å². The van der Waals surface area contributed by atoms with Crippen molar-refractivity contribution in [2.75, 3.05) is 42.3 Å². The van der Waals surface area contributed by atoms with E-state index in [9.17, 15) is 12.8 Å². The standard InChI is InChI=1S/C20H26FN3O2S/c1-3-10-23-11-13-24(14-12-23)19-7-5-18(6-8-19)22-27(25,26)20-9-4-17(21)15-16(20)2/h4-9,15,22H,3,10-14H2,1-2H3. The number of aryl methyl sites for hydroxylation is 1. The largest absolute Gasteiger partial charge is 0.369 e. The Morgan fingerprint density at radius 2 is 1.70 bits per heavy atom. The number of sulfonamides is 1. The molecule has 146 valence electrons. The zero-order valence-corrected chi connectivity index (χ0v) is 16.6. The maximum atomic E-state index is 13.2. The van der Waals surface area contributed by atoms with Crippen molar-refractivity contribution >= 4 is 21.4 Å². The molecule has 1 saturated heterocycles. The summed E-state index contributed by atoms with van der Waals surface area (Å²) in [6.07, 6.45) is 1.17. The molecule has 0 spiro atoms. The third-order valence-electron chi connectivity index (χ3n) is 4.82. The number of halogens is 1. The monoisotopic (exact) mass is 391 g/mol. The molecule has 2 aromatic carbocycles. The zero-order valence-electron chi connectivity index (χ0n) is 15.8. The first-order chi connectivity index (χ1) is 12.9. The van der Waals surface area contributed by atoms with Gasteiger partial charge in [0.15, 0.2) is 0 Å². The Kier molecular flexibility index (Phi) is 6.01. The molecule has 0 radical (unpaired) electrons. The Morgan fingerprint density at radius 1 is 1.04 bits per heavy atom. The fourth-order valence-electron chi connectivity index (χ4n) is 3.41. The van der Waals surface area contributed by atoms with Gasteiger partial charge in [-0.2, -0.15) is 0 Å². The zero-order chi connectivity index (χ0) is 19.4. The molecule has 2 aromatic rings. The van der Waals surface area contributed by atoms with Crippen LogP contribution in [0.3, 0.4) is 0 Å². The van der Waals surface area contributed by atoms with Gasteiger partial charge in [-0.15, -0.1) is 0 Å². The van der Waals surface area contributed by atoms with Crippen LogP contribution in [0, 0.1) is 12.7 Å². The Morgan fingerprint density at radius 3 is 2.30 bits per heavy atom. The smallest absolute Gasteiger partial charge is 0.262 e. The minimum absolute atomic E-state index is 0.0834. The lowest BCUT2D eigenvalue weighted by atomic mass is 10.2. The van der Waals surface area contributed by atoms with Crippen LogP contribution >= 0.6 is 0 Å². The van der Waals surface area contributed by atoms with Crippen LogP contribution in [0.2, 0.25) is 0 Å². The van der Waals surface area contributed by atoms with Crippen molar-refractivity contribution in [2.24, 2.45) is 0 Å². The van der Waals surface area contributed by atoms with Gasteiger partial charge < -0.3 is 4.90 Å². The van der Waals surface area contributed by atoms with Crippen molar-refractivity contribution < 1.29 is 12.8 Å². The first-order valence-electron chi connectivity index (χ1n) is 9.25. The highest BCUT2D eigenvalue weighted by Gasteiger charge is 2.19. The Labute approximate surface area is 160 Å². The molecule has 7 heteroatoms. The first-order valence-corrected chi connectivity index (χ1v) is 10.7. The Hall–Kier alpha value is -2.12. The van der Waals surface area contributed by atoms with Gasteiger partial charge in [-0.25, -0.2) is 12.8 Å². The lowest BCUT2D eigenvalue weighted by Crippen LogP contribution is -2.46. The van der Waals surface area contributed by atoms with Gasteiger partial charge in [0.2, 0.25) is 0 Å². The van der Waals surface area contributed by atoms with E-state index < -0.39 is 15.8 Å². The van der Waals surface area contributed by atoms with E-state index in [1.807, 2.05) is 12.1 Å². The number of nitrogens with one attached hydrogen (secondary N) is 1. The summed E-state index contributed by atoms with van der Waals surface area (Å²) in [5, 5.41) is 0. The van der Waals surface area contributed by atoms with Crippen LogP contribution in [-0.4, -0.2) is 46.0 Å². The van der Waals surface area contributed by atoms with E-state index in [-0.39, 0.29) is 4.90 Å². The predicted octanol–water partition coefficient (Wildman–Crippen LogP) is 3.47. The van der Waals surface area contributed by atoms with Gasteiger partial charge in [-0.1, -0.05) is 6.92 Å². The van der Waals surface area contributed by atoms with Crippen molar-refractivity contribution in [1.29, 1.82) is 0 Å². The van der Waals surface area contributed by atoms with Gasteiger partial charge >= 0.3 is 0 Å². The van der Waals surface area contributed by atoms with Crippen LogP contribution in [0.25, 0.3) is 0 Å². The lowest BCUT2D eigenvalue weighted by molar-refractivity contribution is 0.258. The second kappa shape index (κ2) is 8.27. The third-order valence-corrected chi connectivity index (χ3v) is 6.36. The van der Waals surface area contributed by atoms with Crippen LogP contribution in [-0.2, 0) is 10.0 Å². The van der Waals surface area contributed by atoms with E-state index in [2.05, 4.69) is 21.4 Å². The van der Waals surface area contributed by atoms with Crippen LogP contribution in [0.1, 0.15) is 18.9 Å². The molecule has 5 nitrogen and oxygen atoms in total. The van der Waals surface area contributed by atoms with Gasteiger partial charge in [0.1, 0.15) is 5.82 Å². The van der Waals surface area contributed by atoms with Gasteiger partial charge in [0, 0.05) is 37.6 Å². The highest BCUT2D eigenvalue weighted by atomic mass is 32.2. The molecule has 0 bridgehead atoms. The summed E-state index contributed by atoms with van der Waals surface area (Å²) < 4.78 is 40.9. The van der Waals surface area contributed by atoms with Gasteiger partial charge in [-0.05, 0) is 67.9 Å². The number of benzene rings is 2. The summed E-state index contributed by atoms with van der Waals surface area (Å²) in [7, 11) is -3.75. The highest BCUT2D eigenvalue weighted by molar-refractivity contribution is 7.92. The predicted molar refractivity (Wildman–Crippen MR) is 107 cm³/mol. The van der Waals surface area contributed by atoms with Crippen molar-refractivity contribution in [3.8, 4) is 0 Å². The molecule has 1 heterocycles. The fraction of sp³-hybridized carbons (Fsp3) is 0.400. The van der Waals surface area contributed by atoms with Gasteiger partial charge in [-0.3, -0.25) is 9.62 Å². The number of hydrogen-bond acceptors (Lipinski definition) is 4. The molecule has 0 saturated carbocycles. The van der Waals surface area contributed by atoms with E-state index in [1.165, 1.54) is 18.6 Å². The van der Waals surface area contributed by atoms with E-state index in [1.54, 1.807) is 19.1 Å². The topological polar surface area (TPSA) is 52.6 Å². The Bertz CT molecular complexity index is 877. The lowest BCUT2D eigenvalue weighted by Gasteiger charge is -2.36. The van der Waals surface area contributed by atoms with Crippen molar-refractivity contribution in [2.45, 2.75) is 25.2 Å². The van der Waals surface area contributed by atoms with E-state index in [0.717, 1.165) is 44.5 Å². The number of rotatable bonds is 6. The van der Waals surface area contributed by atoms with Crippen LogP contribution in [0.4, 0.5) is 15.8 Å². The first kappa shape index (κ1) is 19.6. The number of hydrogen-bond donors (Lipinski definition) is 1. The second-order valence-corrected chi connectivity index (χ2v) is 8.54. The average molecular weight is 392 g/mol. The quantitative estimate of drug-likeness (QED) is 0.819. The molecule has 0 aliphatic carbocycles. The summed E-state index contributed by atoms with van der Waals surface area (Å²) in [4.78, 5) is 4.86. The summed E-state index contributed by atoms with van der Waals surface area (Å²) in [6, 6.07) is 11.1. The molecule has 0 aromatic heterocycles. The summed E-state index contributed by atoms with van der Waals surface area (Å²) >= 11 is 0. The van der Waals surface area contributed by atoms with E-state index in [4.69, 9.17) is 0 Å². The summed E-state index contributed by atoms with van der Waals surface area (Å²) in [6.45, 7) is 8.95. The molecule has 1 fully saturated rings. The number of nitrogens with zero attached hydrogens (tertiary/aromatic N) is 2. The normalized spacial score (nSPS) is 15.7. The minimum Gasteiger partial charge on any atom is -0.369 e. The minimum atomic E-state index is -3.75. The SMILES string of the molecule is CCCN1CCN(c2ccc(NS(=O)(=O)c3ccc(F)cc3C)cc2)CC1. The van der Waals surface area contributed by atoms with Crippen molar-refractivity contribution in [3.63, 3.8) is 0 Å². The maximum absolute atomic E-state index is 13.2. The molecular formula is C20H26FN3O2S. The number of piperazine rings is 1.